The number of rotatable bonds is 4. The van der Waals surface area contributed by atoms with E-state index in [4.69, 9.17) is 0 Å². The van der Waals surface area contributed by atoms with Crippen molar-refractivity contribution in [2.45, 2.75) is 0 Å². The second-order valence-electron chi connectivity index (χ2n) is 4.82. The lowest BCUT2D eigenvalue weighted by atomic mass is 10.3. The van der Waals surface area contributed by atoms with E-state index < -0.39 is 11.2 Å². The molecule has 0 radical (unpaired) electrons. The average molecular weight is 281 g/mol. The van der Waals surface area contributed by atoms with E-state index >= 15 is 0 Å². The van der Waals surface area contributed by atoms with Crippen LogP contribution in [0.5, 0.6) is 0 Å². The van der Waals surface area contributed by atoms with Crippen molar-refractivity contribution in [1.82, 2.24) is 25.1 Å². The first-order valence-electron chi connectivity index (χ1n) is 6.58. The van der Waals surface area contributed by atoms with Crippen LogP contribution in [0.25, 0.3) is 0 Å². The molecule has 1 fully saturated rings. The van der Waals surface area contributed by atoms with Crippen LogP contribution in [0, 0.1) is 0 Å². The van der Waals surface area contributed by atoms with Gasteiger partial charge in [0.1, 0.15) is 5.69 Å². The van der Waals surface area contributed by atoms with Crippen LogP contribution in [-0.2, 0) is 0 Å². The monoisotopic (exact) mass is 281 g/mol. The third kappa shape index (κ3) is 3.78. The molecule has 0 bridgehead atoms. The number of likely N-dealkylation sites (N-methyl/N-ethyl adjacent to an activating group) is 1. The van der Waals surface area contributed by atoms with Crippen molar-refractivity contribution in [3.8, 4) is 0 Å². The zero-order valence-corrected chi connectivity index (χ0v) is 11.4. The fourth-order valence-electron chi connectivity index (χ4n) is 2.12. The highest BCUT2D eigenvalue weighted by molar-refractivity contribution is 5.91. The molecule has 1 saturated heterocycles. The zero-order chi connectivity index (χ0) is 14.5. The van der Waals surface area contributed by atoms with Crippen molar-refractivity contribution in [2.75, 3.05) is 46.3 Å². The Balaban J connectivity index is 1.94. The number of nitrogens with zero attached hydrogens (tertiary/aromatic N) is 2. The van der Waals surface area contributed by atoms with Gasteiger partial charge >= 0.3 is 5.69 Å². The van der Waals surface area contributed by atoms with Gasteiger partial charge in [-0.05, 0) is 0 Å². The fraction of sp³-hybridized carbons (Fsp3) is 0.583. The second-order valence-corrected chi connectivity index (χ2v) is 4.82. The van der Waals surface area contributed by atoms with Crippen LogP contribution in [0.2, 0.25) is 0 Å². The quantitative estimate of drug-likeness (QED) is 0.595. The zero-order valence-electron chi connectivity index (χ0n) is 11.4. The minimum Gasteiger partial charge on any atom is -0.339 e. The number of carbonyl (C=O) groups excluding carboxylic acids is 1. The molecule has 0 unspecified atom stereocenters. The molecule has 2 rings (SSSR count). The Hall–Kier alpha value is -1.93. The lowest BCUT2D eigenvalue weighted by Gasteiger charge is -2.29. The topological polar surface area (TPSA) is 101 Å². The highest BCUT2D eigenvalue weighted by atomic mass is 16.2. The van der Waals surface area contributed by atoms with E-state index in [1.165, 1.54) is 4.90 Å². The summed E-state index contributed by atoms with van der Waals surface area (Å²) in [6, 6.07) is 1.10. The molecule has 0 aromatic carbocycles. The van der Waals surface area contributed by atoms with Crippen LogP contribution in [0.15, 0.2) is 15.7 Å². The summed E-state index contributed by atoms with van der Waals surface area (Å²) >= 11 is 0. The van der Waals surface area contributed by atoms with Crippen LogP contribution < -0.4 is 16.6 Å². The van der Waals surface area contributed by atoms with E-state index in [1.807, 2.05) is 4.98 Å². The first-order chi connectivity index (χ1) is 9.56. The Morgan fingerprint density at radius 2 is 2.00 bits per heavy atom. The summed E-state index contributed by atoms with van der Waals surface area (Å²) in [7, 11) is 1.66. The van der Waals surface area contributed by atoms with E-state index in [9.17, 15) is 14.4 Å². The van der Waals surface area contributed by atoms with E-state index in [0.717, 1.165) is 38.8 Å². The largest absolute Gasteiger partial charge is 0.339 e. The molecule has 0 saturated carbocycles. The number of piperazine rings is 1. The number of aromatic nitrogens is 2. The molecule has 0 aliphatic carbocycles. The van der Waals surface area contributed by atoms with Crippen molar-refractivity contribution >= 4 is 5.91 Å². The van der Waals surface area contributed by atoms with Crippen molar-refractivity contribution in [2.24, 2.45) is 0 Å². The summed E-state index contributed by atoms with van der Waals surface area (Å²) in [5, 5.41) is 3.26. The van der Waals surface area contributed by atoms with Crippen molar-refractivity contribution < 1.29 is 4.79 Å². The van der Waals surface area contributed by atoms with Crippen LogP contribution >= 0.6 is 0 Å². The summed E-state index contributed by atoms with van der Waals surface area (Å²) in [6.07, 6.45) is 0. The molecule has 8 heteroatoms. The number of hydrogen-bond acceptors (Lipinski definition) is 5. The van der Waals surface area contributed by atoms with Crippen LogP contribution in [0.3, 0.4) is 0 Å². The van der Waals surface area contributed by atoms with Gasteiger partial charge in [0.15, 0.2) is 0 Å². The molecule has 1 aromatic rings. The van der Waals surface area contributed by atoms with Crippen LogP contribution in [0.4, 0.5) is 0 Å². The third-order valence-electron chi connectivity index (χ3n) is 3.30. The number of carbonyl (C=O) groups is 1. The molecule has 110 valence electrons. The minimum absolute atomic E-state index is 0.0153. The van der Waals surface area contributed by atoms with Gasteiger partial charge < -0.3 is 15.2 Å². The third-order valence-corrected chi connectivity index (χ3v) is 3.30. The van der Waals surface area contributed by atoms with Gasteiger partial charge in [0, 0.05) is 52.4 Å². The normalized spacial score (nSPS) is 16.1. The lowest BCUT2D eigenvalue weighted by molar-refractivity contribution is 0.0768. The molecule has 8 nitrogen and oxygen atoms in total. The highest BCUT2D eigenvalue weighted by Crippen LogP contribution is 1.97. The first kappa shape index (κ1) is 14.5. The summed E-state index contributed by atoms with van der Waals surface area (Å²) in [6.45, 7) is 5.16. The smallest absolute Gasteiger partial charge is 0.326 e. The van der Waals surface area contributed by atoms with Gasteiger partial charge in [-0.3, -0.25) is 19.5 Å². The van der Waals surface area contributed by atoms with E-state index in [-0.39, 0.29) is 11.6 Å². The van der Waals surface area contributed by atoms with E-state index in [2.05, 4.69) is 15.2 Å². The summed E-state index contributed by atoms with van der Waals surface area (Å²) in [5.74, 6) is -0.358. The van der Waals surface area contributed by atoms with Crippen LogP contribution in [-0.4, -0.2) is 72.0 Å². The SMILES string of the molecule is CN(CCN1CCNCC1)C(=O)c1cc(=O)[nH]c(=O)[nH]1. The number of H-pyrrole nitrogens is 2. The Kier molecular flexibility index (Phi) is 4.70. The van der Waals surface area contributed by atoms with E-state index in [1.54, 1.807) is 7.05 Å². The maximum Gasteiger partial charge on any atom is 0.326 e. The number of amides is 1. The molecule has 2 heterocycles. The van der Waals surface area contributed by atoms with Gasteiger partial charge in [0.2, 0.25) is 0 Å². The average Bonchev–Trinajstić information content (AvgIpc) is 2.44. The van der Waals surface area contributed by atoms with Gasteiger partial charge in [0.05, 0.1) is 0 Å². The van der Waals surface area contributed by atoms with Crippen molar-refractivity contribution in [3.05, 3.63) is 32.6 Å². The number of aromatic amines is 2. The maximum atomic E-state index is 12.1. The fourth-order valence-corrected chi connectivity index (χ4v) is 2.12. The van der Waals surface area contributed by atoms with Crippen molar-refractivity contribution in [3.63, 3.8) is 0 Å². The lowest BCUT2D eigenvalue weighted by Crippen LogP contribution is -2.46. The van der Waals surface area contributed by atoms with Crippen molar-refractivity contribution in [1.29, 1.82) is 0 Å². The maximum absolute atomic E-state index is 12.1. The first-order valence-corrected chi connectivity index (χ1v) is 6.58. The van der Waals surface area contributed by atoms with E-state index in [0.29, 0.717) is 6.54 Å². The molecule has 0 spiro atoms. The second kappa shape index (κ2) is 6.49. The molecule has 1 aliphatic rings. The Labute approximate surface area is 115 Å². The summed E-state index contributed by atoms with van der Waals surface area (Å²) < 4.78 is 0. The van der Waals surface area contributed by atoms with Crippen LogP contribution in [0.1, 0.15) is 10.5 Å². The molecule has 3 N–H and O–H groups in total. The predicted molar refractivity (Wildman–Crippen MR) is 74.0 cm³/mol. The van der Waals surface area contributed by atoms with Gasteiger partial charge in [-0.1, -0.05) is 0 Å². The standard InChI is InChI=1S/C12H19N5O3/c1-16(6-7-17-4-2-13-3-5-17)11(19)9-8-10(18)15-12(20)14-9/h8,13H,2-7H2,1H3,(H2,14,15,18,20). The molecule has 1 aliphatic heterocycles. The Bertz CT molecular complexity index is 545. The molecule has 0 atom stereocenters. The molecule has 20 heavy (non-hydrogen) atoms. The molecule has 1 aromatic heterocycles. The summed E-state index contributed by atoms with van der Waals surface area (Å²) in [5.41, 5.74) is -1.23. The van der Waals surface area contributed by atoms with Gasteiger partial charge in [-0.2, -0.15) is 0 Å². The van der Waals surface area contributed by atoms with Gasteiger partial charge in [0.25, 0.3) is 11.5 Å². The number of nitrogens with one attached hydrogen (secondary N) is 3. The van der Waals surface area contributed by atoms with Gasteiger partial charge in [-0.15, -0.1) is 0 Å². The highest BCUT2D eigenvalue weighted by Gasteiger charge is 2.15. The molecular weight excluding hydrogens is 262 g/mol. The molecular formula is C12H19N5O3. The number of hydrogen-bond donors (Lipinski definition) is 3. The predicted octanol–water partition coefficient (Wildman–Crippen LogP) is -1.96. The Morgan fingerprint density at radius 3 is 2.65 bits per heavy atom. The van der Waals surface area contributed by atoms with Gasteiger partial charge in [-0.25, -0.2) is 4.79 Å². The Morgan fingerprint density at radius 1 is 1.30 bits per heavy atom. The molecule has 1 amide bonds. The summed E-state index contributed by atoms with van der Waals surface area (Å²) in [4.78, 5) is 42.6. The minimum atomic E-state index is -0.670.